The van der Waals surface area contributed by atoms with E-state index in [-0.39, 0.29) is 17.2 Å². The summed E-state index contributed by atoms with van der Waals surface area (Å²) in [4.78, 5) is 0. The Kier molecular flexibility index (Phi) is 9.98. The quantitative estimate of drug-likeness (QED) is 0.157. The number of rotatable bonds is 3. The smallest absolute Gasteiger partial charge is 0.308 e. The molecule has 0 unspecified atom stereocenters. The van der Waals surface area contributed by atoms with Crippen LogP contribution in [0.2, 0.25) is 0 Å². The summed E-state index contributed by atoms with van der Waals surface area (Å²) in [5.41, 5.74) is 21.2. The van der Waals surface area contributed by atoms with Crippen molar-refractivity contribution in [2.24, 2.45) is 0 Å². The molecule has 0 aliphatic rings. The summed E-state index contributed by atoms with van der Waals surface area (Å²) < 4.78 is 93.0. The van der Waals surface area contributed by atoms with Gasteiger partial charge in [0, 0.05) is 21.5 Å². The van der Waals surface area contributed by atoms with Gasteiger partial charge in [-0.3, -0.25) is 0 Å². The first-order valence-corrected chi connectivity index (χ1v) is 21.6. The fourth-order valence-corrected chi connectivity index (χ4v) is 10.7. The SMILES string of the molecule is Cc1c(-n2c3c(C)c(C)c(C)c(C)c3c3c(C)c(C)c(C)c(C)c32)cc(-c2ccc(C(F)(F)F)cc2C(F)(F)F)cc1-n1c2c(C)c(C)c(C)c(C)c2c2c(C)c(C)c(C)c(C)c21. The molecule has 63 heavy (non-hydrogen) atoms. The Balaban J connectivity index is 1.72. The summed E-state index contributed by atoms with van der Waals surface area (Å²) >= 11 is 0. The Labute approximate surface area is 366 Å². The Bertz CT molecular complexity index is 3020. The summed E-state index contributed by atoms with van der Waals surface area (Å²) in [5.74, 6) is 0. The standard InChI is InChI=1S/C55H56F6N2/c1-23-27(5)35(13)50-46(31(23)9)47-32(10)24(2)28(6)36(14)51(47)62(50)44-20-40(42-19-18-41(54(56,57)58)22-43(42)55(59,60)61)21-45(39(44)17)63-52-37(15)29(7)25(3)33(11)48(52)49-34(12)26(4)30(8)38(16)53(49)63/h18-22H,1-17H3. The van der Waals surface area contributed by atoms with Crippen molar-refractivity contribution in [2.75, 3.05) is 0 Å². The molecule has 0 saturated heterocycles. The summed E-state index contributed by atoms with van der Waals surface area (Å²) in [7, 11) is 0. The molecule has 0 amide bonds. The molecular formula is C55H56F6N2. The van der Waals surface area contributed by atoms with Crippen LogP contribution in [0.5, 0.6) is 0 Å². The molecule has 2 nitrogen and oxygen atoms in total. The molecule has 0 N–H and O–H groups in total. The van der Waals surface area contributed by atoms with Crippen molar-refractivity contribution in [3.05, 3.63) is 136 Å². The molecule has 8 aromatic rings. The molecule has 328 valence electrons. The van der Waals surface area contributed by atoms with Gasteiger partial charge in [0.1, 0.15) is 0 Å². The van der Waals surface area contributed by atoms with Crippen molar-refractivity contribution in [1.29, 1.82) is 0 Å². The summed E-state index contributed by atoms with van der Waals surface area (Å²) in [6.07, 6.45) is -10.1. The highest BCUT2D eigenvalue weighted by molar-refractivity contribution is 6.17. The second-order valence-electron chi connectivity index (χ2n) is 18.5. The van der Waals surface area contributed by atoms with Crippen LogP contribution in [0.1, 0.15) is 106 Å². The lowest BCUT2D eigenvalue weighted by molar-refractivity contribution is -0.142. The monoisotopic (exact) mass is 858 g/mol. The van der Waals surface area contributed by atoms with E-state index in [1.807, 2.05) is 6.92 Å². The Hall–Kier alpha value is -5.50. The topological polar surface area (TPSA) is 9.86 Å². The van der Waals surface area contributed by atoms with E-state index in [0.717, 1.165) is 128 Å². The fourth-order valence-electron chi connectivity index (χ4n) is 10.7. The number of fused-ring (bicyclic) bond motifs is 6. The molecule has 2 aromatic heterocycles. The highest BCUT2D eigenvalue weighted by atomic mass is 19.4. The number of halogens is 6. The lowest BCUT2D eigenvalue weighted by Crippen LogP contribution is -2.13. The number of aromatic nitrogens is 2. The predicted octanol–water partition coefficient (Wildman–Crippen LogP) is 16.8. The predicted molar refractivity (Wildman–Crippen MR) is 251 cm³/mol. The van der Waals surface area contributed by atoms with Gasteiger partial charge in [-0.15, -0.1) is 0 Å². The maximum Gasteiger partial charge on any atom is 0.417 e. The zero-order chi connectivity index (χ0) is 46.6. The molecule has 0 spiro atoms. The van der Waals surface area contributed by atoms with Gasteiger partial charge in [0.2, 0.25) is 0 Å². The minimum atomic E-state index is -5.09. The Morgan fingerprint density at radius 2 is 0.603 bits per heavy atom. The third-order valence-corrected chi connectivity index (χ3v) is 15.8. The lowest BCUT2D eigenvalue weighted by Gasteiger charge is -2.24. The first-order chi connectivity index (χ1) is 29.2. The third-order valence-electron chi connectivity index (χ3n) is 15.8. The molecule has 0 aliphatic heterocycles. The summed E-state index contributed by atoms with van der Waals surface area (Å²) in [6, 6.07) is 5.58. The van der Waals surface area contributed by atoms with Gasteiger partial charge in [-0.1, -0.05) is 6.07 Å². The molecule has 2 heterocycles. The largest absolute Gasteiger partial charge is 0.417 e. The molecule has 0 saturated carbocycles. The lowest BCUT2D eigenvalue weighted by atomic mass is 9.90. The maximum absolute atomic E-state index is 15.3. The van der Waals surface area contributed by atoms with Gasteiger partial charge < -0.3 is 9.13 Å². The van der Waals surface area contributed by atoms with Crippen LogP contribution >= 0.6 is 0 Å². The number of hydrogen-bond donors (Lipinski definition) is 0. The second-order valence-corrected chi connectivity index (χ2v) is 18.5. The molecule has 6 aromatic carbocycles. The maximum atomic E-state index is 15.3. The van der Waals surface area contributed by atoms with Crippen LogP contribution < -0.4 is 0 Å². The van der Waals surface area contributed by atoms with Crippen LogP contribution in [0.4, 0.5) is 26.3 Å². The van der Waals surface area contributed by atoms with E-state index in [0.29, 0.717) is 11.4 Å². The second kappa shape index (κ2) is 14.3. The molecular weight excluding hydrogens is 803 g/mol. The van der Waals surface area contributed by atoms with Crippen LogP contribution in [0.15, 0.2) is 30.3 Å². The fraction of sp³-hybridized carbons (Fsp3) is 0.345. The number of aryl methyl sites for hydroxylation is 8. The molecule has 8 heteroatoms. The van der Waals surface area contributed by atoms with Gasteiger partial charge in [0.15, 0.2) is 0 Å². The normalized spacial score (nSPS) is 12.7. The van der Waals surface area contributed by atoms with E-state index in [9.17, 15) is 13.2 Å². The third kappa shape index (κ3) is 5.98. The van der Waals surface area contributed by atoms with Gasteiger partial charge in [0.05, 0.1) is 44.6 Å². The number of hydrogen-bond acceptors (Lipinski definition) is 0. The van der Waals surface area contributed by atoms with E-state index in [1.165, 1.54) is 22.3 Å². The van der Waals surface area contributed by atoms with E-state index in [1.54, 1.807) is 12.1 Å². The summed E-state index contributed by atoms with van der Waals surface area (Å²) in [6.45, 7) is 36.1. The molecule has 0 aliphatic carbocycles. The number of nitrogens with zero attached hydrogens (tertiary/aromatic N) is 2. The zero-order valence-electron chi connectivity index (χ0n) is 39.5. The average Bonchev–Trinajstić information content (AvgIpc) is 3.77. The molecule has 0 radical (unpaired) electrons. The van der Waals surface area contributed by atoms with E-state index in [4.69, 9.17) is 0 Å². The van der Waals surface area contributed by atoms with Crippen LogP contribution in [0.3, 0.4) is 0 Å². The molecule has 8 rings (SSSR count). The van der Waals surface area contributed by atoms with E-state index < -0.39 is 23.5 Å². The van der Waals surface area contributed by atoms with Gasteiger partial charge in [0.25, 0.3) is 0 Å². The van der Waals surface area contributed by atoms with Crippen molar-refractivity contribution >= 4 is 43.6 Å². The van der Waals surface area contributed by atoms with Crippen LogP contribution in [0.25, 0.3) is 66.1 Å². The Morgan fingerprint density at radius 1 is 0.317 bits per heavy atom. The van der Waals surface area contributed by atoms with Crippen molar-refractivity contribution in [2.45, 2.75) is 130 Å². The molecule has 0 atom stereocenters. The van der Waals surface area contributed by atoms with Crippen molar-refractivity contribution in [1.82, 2.24) is 9.13 Å². The number of alkyl halides is 6. The average molecular weight is 859 g/mol. The highest BCUT2D eigenvalue weighted by Crippen LogP contribution is 2.49. The molecule has 0 fully saturated rings. The summed E-state index contributed by atoms with van der Waals surface area (Å²) in [5, 5.41) is 4.38. The van der Waals surface area contributed by atoms with Crippen LogP contribution in [0, 0.1) is 118 Å². The van der Waals surface area contributed by atoms with E-state index in [2.05, 4.69) is 120 Å². The van der Waals surface area contributed by atoms with Crippen LogP contribution in [-0.4, -0.2) is 9.13 Å². The molecule has 0 bridgehead atoms. The minimum absolute atomic E-state index is 0.171. The van der Waals surface area contributed by atoms with Gasteiger partial charge in [-0.05, 0) is 248 Å². The van der Waals surface area contributed by atoms with Crippen LogP contribution in [-0.2, 0) is 12.4 Å². The zero-order valence-corrected chi connectivity index (χ0v) is 39.5. The highest BCUT2D eigenvalue weighted by Gasteiger charge is 2.39. The minimum Gasteiger partial charge on any atom is -0.308 e. The van der Waals surface area contributed by atoms with Gasteiger partial charge in [-0.2, -0.15) is 26.3 Å². The van der Waals surface area contributed by atoms with Gasteiger partial charge >= 0.3 is 12.4 Å². The van der Waals surface area contributed by atoms with E-state index >= 15 is 13.2 Å². The first-order valence-electron chi connectivity index (χ1n) is 21.6. The van der Waals surface area contributed by atoms with Crippen molar-refractivity contribution < 1.29 is 26.3 Å². The van der Waals surface area contributed by atoms with Crippen molar-refractivity contribution in [3.63, 3.8) is 0 Å². The van der Waals surface area contributed by atoms with Crippen molar-refractivity contribution in [3.8, 4) is 22.5 Å². The number of benzene rings is 6. The first kappa shape index (κ1) is 44.1. The van der Waals surface area contributed by atoms with Gasteiger partial charge in [-0.25, -0.2) is 0 Å². The Morgan fingerprint density at radius 3 is 0.873 bits per heavy atom.